The van der Waals surface area contributed by atoms with E-state index in [0.29, 0.717) is 50.1 Å². The summed E-state index contributed by atoms with van der Waals surface area (Å²) in [4.78, 5) is 44.0. The smallest absolute Gasteiger partial charge is 0.414 e. The molecular formula is C26H28N6O4. The maximum absolute atomic E-state index is 13.2. The molecule has 186 valence electrons. The van der Waals surface area contributed by atoms with Crippen LogP contribution in [0.4, 0.5) is 4.79 Å². The first-order chi connectivity index (χ1) is 17.5. The molecule has 0 bridgehead atoms. The Morgan fingerprint density at radius 2 is 1.89 bits per heavy atom. The second kappa shape index (κ2) is 9.27. The third-order valence-corrected chi connectivity index (χ3v) is 6.81. The summed E-state index contributed by atoms with van der Waals surface area (Å²) in [6, 6.07) is 7.58. The Morgan fingerprint density at radius 3 is 2.64 bits per heavy atom. The number of rotatable bonds is 5. The number of hydrogen-bond donors (Lipinski definition) is 1. The van der Waals surface area contributed by atoms with Gasteiger partial charge in [0.05, 0.1) is 37.7 Å². The minimum absolute atomic E-state index is 0.0576. The van der Waals surface area contributed by atoms with E-state index < -0.39 is 12.1 Å². The molecule has 0 aliphatic carbocycles. The van der Waals surface area contributed by atoms with Crippen molar-refractivity contribution in [2.45, 2.75) is 19.4 Å². The molecule has 1 atom stereocenters. The summed E-state index contributed by atoms with van der Waals surface area (Å²) in [6.07, 6.45) is 5.95. The van der Waals surface area contributed by atoms with Gasteiger partial charge in [0.15, 0.2) is 17.7 Å². The number of aromatic nitrogens is 2. The fraction of sp³-hybridized carbons (Fsp3) is 0.385. The lowest BCUT2D eigenvalue weighted by Gasteiger charge is -2.38. The van der Waals surface area contributed by atoms with E-state index in [9.17, 15) is 9.59 Å². The number of benzene rings is 1. The molecule has 1 unspecified atom stereocenters. The molecule has 2 fully saturated rings. The quantitative estimate of drug-likeness (QED) is 0.688. The zero-order valence-corrected chi connectivity index (χ0v) is 20.1. The Kier molecular flexibility index (Phi) is 5.80. The Labute approximate surface area is 208 Å². The predicted octanol–water partition coefficient (Wildman–Crippen LogP) is 2.16. The van der Waals surface area contributed by atoms with Gasteiger partial charge in [-0.3, -0.25) is 9.69 Å². The number of morpholine rings is 1. The van der Waals surface area contributed by atoms with Crippen LogP contribution in [-0.2, 0) is 20.7 Å². The van der Waals surface area contributed by atoms with Crippen LogP contribution >= 0.6 is 0 Å². The molecule has 4 aliphatic heterocycles. The summed E-state index contributed by atoms with van der Waals surface area (Å²) < 4.78 is 10.7. The molecule has 2 aromatic rings. The Bertz CT molecular complexity index is 1270. The van der Waals surface area contributed by atoms with Crippen molar-refractivity contribution in [2.75, 3.05) is 46.0 Å². The molecule has 0 saturated carbocycles. The molecule has 1 aromatic carbocycles. The van der Waals surface area contributed by atoms with Crippen LogP contribution in [0.5, 0.6) is 0 Å². The lowest BCUT2D eigenvalue weighted by Crippen LogP contribution is -2.47. The number of nitrogens with one attached hydrogen (secondary N) is 1. The van der Waals surface area contributed by atoms with E-state index in [1.54, 1.807) is 11.1 Å². The number of cyclic esters (lactones) is 1. The molecule has 2 saturated heterocycles. The highest BCUT2D eigenvalue weighted by Gasteiger charge is 2.39. The number of carbonyl (C=O) groups excluding carboxylic acids is 2. The van der Waals surface area contributed by atoms with Crippen LogP contribution < -0.4 is 0 Å². The first-order valence-electron chi connectivity index (χ1n) is 12.2. The molecule has 10 heteroatoms. The summed E-state index contributed by atoms with van der Waals surface area (Å²) in [6.45, 7) is 5.72. The largest absolute Gasteiger partial charge is 0.447 e. The summed E-state index contributed by atoms with van der Waals surface area (Å²) in [7, 11) is 0. The first-order valence-corrected chi connectivity index (χ1v) is 12.2. The van der Waals surface area contributed by atoms with Crippen molar-refractivity contribution in [2.24, 2.45) is 4.99 Å². The number of hydrogen-bond acceptors (Lipinski definition) is 8. The van der Waals surface area contributed by atoms with Crippen LogP contribution in [0.1, 0.15) is 28.7 Å². The van der Waals surface area contributed by atoms with E-state index >= 15 is 0 Å². The number of H-pyrrole nitrogens is 1. The van der Waals surface area contributed by atoms with Gasteiger partial charge in [0.2, 0.25) is 0 Å². The SMILES string of the molecule is Cc1ccc(Cc2cnc(C3N=C4C(N5CCOC5=O)=CC(N5CCOCC5)=CN4CC3=O)[nH]2)cc1. The molecule has 36 heavy (non-hydrogen) atoms. The van der Waals surface area contributed by atoms with Crippen LogP contribution in [0.15, 0.2) is 59.1 Å². The number of aryl methyl sites for hydroxylation is 1. The summed E-state index contributed by atoms with van der Waals surface area (Å²) in [5, 5.41) is 0. The zero-order chi connectivity index (χ0) is 24.6. The molecular weight excluding hydrogens is 460 g/mol. The fourth-order valence-electron chi connectivity index (χ4n) is 4.87. The third-order valence-electron chi connectivity index (χ3n) is 6.81. The summed E-state index contributed by atoms with van der Waals surface area (Å²) in [5.41, 5.74) is 4.86. The maximum Gasteiger partial charge on any atom is 0.414 e. The number of amides is 1. The molecule has 5 heterocycles. The monoisotopic (exact) mass is 488 g/mol. The number of carbonyl (C=O) groups is 2. The average Bonchev–Trinajstić information content (AvgIpc) is 3.53. The van der Waals surface area contributed by atoms with E-state index in [-0.39, 0.29) is 12.3 Å². The number of amidine groups is 1. The van der Waals surface area contributed by atoms with Gasteiger partial charge in [-0.05, 0) is 18.6 Å². The van der Waals surface area contributed by atoms with Crippen molar-refractivity contribution in [1.82, 2.24) is 24.7 Å². The van der Waals surface area contributed by atoms with Crippen molar-refractivity contribution in [1.29, 1.82) is 0 Å². The van der Waals surface area contributed by atoms with E-state index in [0.717, 1.165) is 30.0 Å². The highest BCUT2D eigenvalue weighted by molar-refractivity contribution is 6.08. The number of Topliss-reactive ketones (excluding diaryl/α,β-unsaturated/α-hetero) is 1. The highest BCUT2D eigenvalue weighted by atomic mass is 16.6. The molecule has 1 N–H and O–H groups in total. The van der Waals surface area contributed by atoms with E-state index in [2.05, 4.69) is 46.1 Å². The first kappa shape index (κ1) is 22.5. The molecule has 1 amide bonds. The standard InChI is InChI=1S/C26H28N6O4/c1-17-2-4-18(5-3-17)12-19-14-27-24(28-19)23-22(33)16-31-15-20(30-6-9-35-10-7-30)13-21(25(31)29-23)32-8-11-36-26(32)34/h2-5,13-15,23H,6-12,16H2,1H3,(H,27,28). The van der Waals surface area contributed by atoms with Gasteiger partial charge in [0.25, 0.3) is 0 Å². The molecule has 6 rings (SSSR count). The molecule has 0 radical (unpaired) electrons. The van der Waals surface area contributed by atoms with Gasteiger partial charge >= 0.3 is 6.09 Å². The normalized spacial score (nSPS) is 22.2. The maximum atomic E-state index is 13.2. The molecule has 10 nitrogen and oxygen atoms in total. The van der Waals surface area contributed by atoms with Gasteiger partial charge in [-0.2, -0.15) is 0 Å². The van der Waals surface area contributed by atoms with Gasteiger partial charge < -0.3 is 24.3 Å². The second-order valence-corrected chi connectivity index (χ2v) is 9.35. The minimum atomic E-state index is -0.761. The number of ether oxygens (including phenoxy) is 2. The summed E-state index contributed by atoms with van der Waals surface area (Å²) in [5.74, 6) is 1.03. The predicted molar refractivity (Wildman–Crippen MR) is 131 cm³/mol. The van der Waals surface area contributed by atoms with E-state index in [1.807, 2.05) is 17.2 Å². The van der Waals surface area contributed by atoms with Gasteiger partial charge in [0, 0.05) is 37.6 Å². The van der Waals surface area contributed by atoms with Crippen molar-refractivity contribution >= 4 is 17.7 Å². The summed E-state index contributed by atoms with van der Waals surface area (Å²) >= 11 is 0. The molecule has 1 aromatic heterocycles. The van der Waals surface area contributed by atoms with Gasteiger partial charge in [-0.25, -0.2) is 14.8 Å². The Hall–Kier alpha value is -3.92. The van der Waals surface area contributed by atoms with E-state index in [4.69, 9.17) is 14.5 Å². The van der Waals surface area contributed by atoms with Crippen LogP contribution in [0.25, 0.3) is 0 Å². The van der Waals surface area contributed by atoms with Crippen molar-refractivity contribution in [3.05, 3.63) is 76.8 Å². The topological polar surface area (TPSA) is 103 Å². The van der Waals surface area contributed by atoms with Crippen molar-refractivity contribution in [3.63, 3.8) is 0 Å². The minimum Gasteiger partial charge on any atom is -0.447 e. The number of fused-ring (bicyclic) bond motifs is 1. The number of ketones is 1. The third kappa shape index (κ3) is 4.28. The average molecular weight is 489 g/mol. The Morgan fingerprint density at radius 1 is 1.08 bits per heavy atom. The van der Waals surface area contributed by atoms with Crippen LogP contribution in [-0.4, -0.2) is 88.4 Å². The number of aromatic amines is 1. The lowest BCUT2D eigenvalue weighted by atomic mass is 10.1. The van der Waals surface area contributed by atoms with Crippen molar-refractivity contribution in [3.8, 4) is 0 Å². The molecule has 4 aliphatic rings. The number of allylic oxidation sites excluding steroid dienone is 1. The van der Waals surface area contributed by atoms with Crippen LogP contribution in [0, 0.1) is 6.92 Å². The Balaban J connectivity index is 1.31. The van der Waals surface area contributed by atoms with Gasteiger partial charge in [0.1, 0.15) is 12.4 Å². The zero-order valence-electron chi connectivity index (χ0n) is 20.1. The second-order valence-electron chi connectivity index (χ2n) is 9.35. The number of nitrogens with zero attached hydrogens (tertiary/aromatic N) is 5. The highest BCUT2D eigenvalue weighted by Crippen LogP contribution is 2.31. The molecule has 0 spiro atoms. The van der Waals surface area contributed by atoms with Gasteiger partial charge in [-0.15, -0.1) is 0 Å². The number of aliphatic imine (C=N–C) groups is 1. The van der Waals surface area contributed by atoms with E-state index in [1.165, 1.54) is 5.56 Å². The number of imidazole rings is 1. The fourth-order valence-corrected chi connectivity index (χ4v) is 4.87. The lowest BCUT2D eigenvalue weighted by molar-refractivity contribution is -0.121. The van der Waals surface area contributed by atoms with Crippen LogP contribution in [0.2, 0.25) is 0 Å². The van der Waals surface area contributed by atoms with Crippen molar-refractivity contribution < 1.29 is 19.1 Å². The van der Waals surface area contributed by atoms with Gasteiger partial charge in [-0.1, -0.05) is 29.8 Å². The van der Waals surface area contributed by atoms with Crippen LogP contribution in [0.3, 0.4) is 0 Å².